The zero-order valence-electron chi connectivity index (χ0n) is 21.0. The maximum absolute atomic E-state index is 11.8. The van der Waals surface area contributed by atoms with E-state index in [-0.39, 0.29) is 12.1 Å². The Hall–Kier alpha value is -1.05. The molecule has 8 unspecified atom stereocenters. The Bertz CT molecular complexity index is 744. The molecule has 0 amide bonds. The number of carbonyl (C=O) groups is 1. The Labute approximate surface area is 191 Å². The Balaban J connectivity index is 1.51. The van der Waals surface area contributed by atoms with E-state index in [1.54, 1.807) is 0 Å². The minimum absolute atomic E-state index is 0.0201. The molecule has 0 aromatic heterocycles. The lowest BCUT2D eigenvalue weighted by atomic mass is 9.47. The first-order chi connectivity index (χ1) is 14.7. The highest BCUT2D eigenvalue weighted by Gasteiger charge is 2.58. The number of rotatable bonds is 5. The van der Waals surface area contributed by atoms with Gasteiger partial charge in [-0.3, -0.25) is 4.79 Å². The average Bonchev–Trinajstić information content (AvgIpc) is 3.09. The monoisotopic (exact) mass is 426 g/mol. The molecule has 3 saturated carbocycles. The molecule has 0 N–H and O–H groups in total. The summed E-state index contributed by atoms with van der Waals surface area (Å²) in [7, 11) is 0. The van der Waals surface area contributed by atoms with Crippen LogP contribution >= 0.6 is 0 Å². The third-order valence-electron chi connectivity index (χ3n) is 10.3. The van der Waals surface area contributed by atoms with Crippen molar-refractivity contribution in [2.45, 2.75) is 112 Å². The van der Waals surface area contributed by atoms with Crippen LogP contribution in [-0.4, -0.2) is 12.1 Å². The van der Waals surface area contributed by atoms with E-state index in [1.807, 2.05) is 12.5 Å². The van der Waals surface area contributed by atoms with Crippen molar-refractivity contribution in [3.05, 3.63) is 23.3 Å². The molecule has 31 heavy (non-hydrogen) atoms. The highest BCUT2D eigenvalue weighted by molar-refractivity contribution is 5.69. The molecule has 4 rings (SSSR count). The first-order valence-electron chi connectivity index (χ1n) is 13.2. The molecule has 0 aromatic carbocycles. The normalized spacial score (nSPS) is 42.5. The molecule has 0 radical (unpaired) electrons. The Morgan fingerprint density at radius 3 is 2.55 bits per heavy atom. The summed E-state index contributed by atoms with van der Waals surface area (Å²) < 4.78 is 5.77. The number of allylic oxidation sites excluding steroid dienone is 4. The smallest absolute Gasteiger partial charge is 0.305 e. The molecule has 2 heteroatoms. The van der Waals surface area contributed by atoms with Crippen LogP contribution in [0, 0.1) is 40.4 Å². The summed E-state index contributed by atoms with van der Waals surface area (Å²) >= 11 is 0. The van der Waals surface area contributed by atoms with Crippen molar-refractivity contribution in [2.75, 3.05) is 0 Å². The molecular formula is C29H46O2. The lowest BCUT2D eigenvalue weighted by molar-refractivity contribution is -0.154. The van der Waals surface area contributed by atoms with Crippen LogP contribution in [0.3, 0.4) is 0 Å². The van der Waals surface area contributed by atoms with Gasteiger partial charge in [0.25, 0.3) is 0 Å². The van der Waals surface area contributed by atoms with Gasteiger partial charge in [-0.2, -0.15) is 0 Å². The Kier molecular flexibility index (Phi) is 6.50. The number of carbonyl (C=O) groups excluding carboxylic acids is 1. The number of hydrogen-bond donors (Lipinski definition) is 0. The molecule has 0 bridgehead atoms. The molecule has 2 nitrogen and oxygen atoms in total. The van der Waals surface area contributed by atoms with Crippen LogP contribution in [0.5, 0.6) is 0 Å². The van der Waals surface area contributed by atoms with E-state index in [1.165, 1.54) is 50.5 Å². The van der Waals surface area contributed by atoms with Gasteiger partial charge in [-0.05, 0) is 112 Å². The van der Waals surface area contributed by atoms with Gasteiger partial charge in [-0.1, -0.05) is 51.0 Å². The van der Waals surface area contributed by atoms with Crippen molar-refractivity contribution < 1.29 is 9.53 Å². The topological polar surface area (TPSA) is 26.3 Å². The fourth-order valence-corrected chi connectivity index (χ4v) is 8.41. The number of esters is 1. The Morgan fingerprint density at radius 2 is 1.84 bits per heavy atom. The molecule has 4 aliphatic carbocycles. The van der Waals surface area contributed by atoms with Gasteiger partial charge in [-0.15, -0.1) is 0 Å². The van der Waals surface area contributed by atoms with Crippen LogP contribution in [0.25, 0.3) is 0 Å². The fourth-order valence-electron chi connectivity index (χ4n) is 8.41. The lowest BCUT2D eigenvalue weighted by Crippen LogP contribution is -2.50. The molecule has 4 aliphatic rings. The summed E-state index contributed by atoms with van der Waals surface area (Å²) in [5.41, 5.74) is 4.21. The highest BCUT2D eigenvalue weighted by atomic mass is 16.5. The van der Waals surface area contributed by atoms with Crippen molar-refractivity contribution in [2.24, 2.45) is 40.4 Å². The summed E-state index contributed by atoms with van der Waals surface area (Å²) in [5.74, 6) is 3.89. The van der Waals surface area contributed by atoms with Crippen LogP contribution in [-0.2, 0) is 9.53 Å². The molecule has 0 saturated heterocycles. The lowest BCUT2D eigenvalue weighted by Gasteiger charge is -2.58. The molecule has 0 aliphatic heterocycles. The molecule has 0 aromatic rings. The van der Waals surface area contributed by atoms with E-state index >= 15 is 0 Å². The first kappa shape index (κ1) is 23.1. The predicted octanol–water partition coefficient (Wildman–Crippen LogP) is 7.88. The van der Waals surface area contributed by atoms with Gasteiger partial charge in [0, 0.05) is 6.42 Å². The maximum atomic E-state index is 11.8. The maximum Gasteiger partial charge on any atom is 0.305 e. The molecule has 3 fully saturated rings. The van der Waals surface area contributed by atoms with Gasteiger partial charge in [0.05, 0.1) is 0 Å². The fraction of sp³-hybridized carbons (Fsp3) is 0.828. The third-order valence-corrected chi connectivity index (χ3v) is 10.3. The van der Waals surface area contributed by atoms with Crippen LogP contribution in [0.2, 0.25) is 0 Å². The molecule has 174 valence electrons. The minimum atomic E-state index is -0.0201. The predicted molar refractivity (Wildman–Crippen MR) is 129 cm³/mol. The first-order valence-corrected chi connectivity index (χ1v) is 13.2. The van der Waals surface area contributed by atoms with Crippen molar-refractivity contribution in [1.82, 2.24) is 0 Å². The third kappa shape index (κ3) is 4.06. The second-order valence-electron chi connectivity index (χ2n) is 12.2. The standard InChI is InChI=1S/C29H46O2/c1-7-27(30)31-22-14-16-28(5)21(18-22)10-11-23-25-13-12-24(20(4)9-8-19(2)3)29(25,6)17-15-26(23)28/h8,11,20-22,24-26H,7,9-10,12-18H2,1-6H3. The summed E-state index contributed by atoms with van der Waals surface area (Å²) in [6, 6.07) is 0. The van der Waals surface area contributed by atoms with Crippen molar-refractivity contribution in [3.8, 4) is 0 Å². The summed E-state index contributed by atoms with van der Waals surface area (Å²) in [6.07, 6.45) is 17.2. The molecular weight excluding hydrogens is 380 g/mol. The molecule has 0 heterocycles. The zero-order valence-corrected chi connectivity index (χ0v) is 21.0. The van der Waals surface area contributed by atoms with E-state index in [2.05, 4.69) is 46.8 Å². The second kappa shape index (κ2) is 8.71. The largest absolute Gasteiger partial charge is 0.462 e. The van der Waals surface area contributed by atoms with Gasteiger partial charge in [0.2, 0.25) is 0 Å². The summed E-state index contributed by atoms with van der Waals surface area (Å²) in [6.45, 7) is 14.1. The van der Waals surface area contributed by atoms with Crippen LogP contribution in [0.1, 0.15) is 106 Å². The minimum Gasteiger partial charge on any atom is -0.462 e. The number of hydrogen-bond acceptors (Lipinski definition) is 2. The molecule has 8 atom stereocenters. The van der Waals surface area contributed by atoms with E-state index < -0.39 is 0 Å². The van der Waals surface area contributed by atoms with Gasteiger partial charge in [-0.25, -0.2) is 0 Å². The van der Waals surface area contributed by atoms with E-state index in [4.69, 9.17) is 4.74 Å². The van der Waals surface area contributed by atoms with Gasteiger partial charge in [0.1, 0.15) is 6.10 Å². The SMILES string of the molecule is CCC(=O)OC1CCC2(C)C(CC=C3C2CCC2(C)C3CCC2C(C)CC=C(C)C)C1. The average molecular weight is 427 g/mol. The van der Waals surface area contributed by atoms with Gasteiger partial charge in [0.15, 0.2) is 0 Å². The van der Waals surface area contributed by atoms with E-state index in [0.717, 1.165) is 36.5 Å². The van der Waals surface area contributed by atoms with Crippen molar-refractivity contribution in [1.29, 1.82) is 0 Å². The van der Waals surface area contributed by atoms with Gasteiger partial charge < -0.3 is 4.74 Å². The van der Waals surface area contributed by atoms with Crippen molar-refractivity contribution in [3.63, 3.8) is 0 Å². The zero-order chi connectivity index (χ0) is 22.4. The van der Waals surface area contributed by atoms with Crippen LogP contribution in [0.15, 0.2) is 23.3 Å². The van der Waals surface area contributed by atoms with Gasteiger partial charge >= 0.3 is 5.97 Å². The number of ether oxygens (including phenoxy) is 1. The van der Waals surface area contributed by atoms with E-state index in [0.29, 0.717) is 23.2 Å². The second-order valence-corrected chi connectivity index (χ2v) is 12.2. The van der Waals surface area contributed by atoms with Crippen LogP contribution in [0.4, 0.5) is 0 Å². The highest BCUT2D eigenvalue weighted by Crippen LogP contribution is 2.67. The summed E-state index contributed by atoms with van der Waals surface area (Å²) in [4.78, 5) is 11.8. The molecule has 0 spiro atoms. The van der Waals surface area contributed by atoms with Crippen LogP contribution < -0.4 is 0 Å². The Morgan fingerprint density at radius 1 is 1.13 bits per heavy atom. The van der Waals surface area contributed by atoms with Crippen molar-refractivity contribution >= 4 is 5.97 Å². The number of fused-ring (bicyclic) bond motifs is 5. The summed E-state index contributed by atoms with van der Waals surface area (Å²) in [5, 5.41) is 0. The quantitative estimate of drug-likeness (QED) is 0.330. The van der Waals surface area contributed by atoms with E-state index in [9.17, 15) is 4.79 Å².